The van der Waals surface area contributed by atoms with Crippen LogP contribution >= 0.6 is 11.3 Å². The predicted octanol–water partition coefficient (Wildman–Crippen LogP) is 4.19. The molecule has 76 valence electrons. The third-order valence-electron chi connectivity index (χ3n) is 2.93. The molecule has 1 nitrogen and oxygen atoms in total. The fraction of sp³-hybridized carbons (Fsp3) is 0.0714. The Kier molecular flexibility index (Phi) is 1.95. The third kappa shape index (κ3) is 1.09. The summed E-state index contributed by atoms with van der Waals surface area (Å²) in [6.07, 6.45) is 0. The minimum absolute atomic E-state index is 0.811. The zero-order valence-electron chi connectivity index (χ0n) is 8.82. The molecule has 0 amide bonds. The standard InChI is InChI=1S/C14H9NS/c1-9-14-11-6-4-2-3-5-10(11)12(7-15)13(14)8-16-9/h2-6,8H,1H3. The first-order chi connectivity index (χ1) is 7.83. The second-order valence-electron chi connectivity index (χ2n) is 3.81. The van der Waals surface area contributed by atoms with Gasteiger partial charge in [-0.1, -0.05) is 30.3 Å². The fourth-order valence-electron chi connectivity index (χ4n) is 2.22. The Balaban J connectivity index is 2.61. The highest BCUT2D eigenvalue weighted by Crippen LogP contribution is 2.42. The van der Waals surface area contributed by atoms with Crippen LogP contribution in [0.5, 0.6) is 0 Å². The molecule has 2 heteroatoms. The van der Waals surface area contributed by atoms with E-state index >= 15 is 0 Å². The largest absolute Gasteiger partial charge is 0.192 e. The second kappa shape index (κ2) is 3.33. The molecule has 2 aliphatic rings. The Morgan fingerprint density at radius 2 is 1.88 bits per heavy atom. The number of fused-ring (bicyclic) bond motifs is 3. The van der Waals surface area contributed by atoms with Crippen molar-refractivity contribution in [3.63, 3.8) is 0 Å². The van der Waals surface area contributed by atoms with Crippen molar-refractivity contribution < 1.29 is 0 Å². The molecule has 0 radical (unpaired) electrons. The van der Waals surface area contributed by atoms with Crippen molar-refractivity contribution in [2.45, 2.75) is 6.92 Å². The summed E-state index contributed by atoms with van der Waals surface area (Å²) in [4.78, 5) is 1.28. The van der Waals surface area contributed by atoms with Gasteiger partial charge in [-0.2, -0.15) is 5.26 Å². The molecule has 0 saturated carbocycles. The first-order valence-corrected chi connectivity index (χ1v) is 5.99. The molecule has 0 atom stereocenters. The van der Waals surface area contributed by atoms with Crippen LogP contribution in [0.4, 0.5) is 0 Å². The van der Waals surface area contributed by atoms with Crippen molar-refractivity contribution in [1.82, 2.24) is 0 Å². The van der Waals surface area contributed by atoms with Gasteiger partial charge in [-0.25, -0.2) is 0 Å². The first-order valence-electron chi connectivity index (χ1n) is 5.11. The van der Waals surface area contributed by atoms with Gasteiger partial charge in [-0.05, 0) is 12.5 Å². The monoisotopic (exact) mass is 223 g/mol. The number of nitriles is 1. The Hall–Kier alpha value is -1.85. The number of thiophene rings is 1. The van der Waals surface area contributed by atoms with Crippen molar-refractivity contribution >= 4 is 22.1 Å². The van der Waals surface area contributed by atoms with Gasteiger partial charge in [0.15, 0.2) is 0 Å². The van der Waals surface area contributed by atoms with E-state index in [1.807, 2.05) is 24.3 Å². The Labute approximate surface area is 97.9 Å². The lowest BCUT2D eigenvalue weighted by molar-refractivity contribution is 1.51. The molecule has 0 bridgehead atoms. The van der Waals surface area contributed by atoms with Gasteiger partial charge in [0.25, 0.3) is 0 Å². The van der Waals surface area contributed by atoms with Crippen molar-refractivity contribution in [2.75, 3.05) is 0 Å². The maximum Gasteiger partial charge on any atom is 0.100 e. The van der Waals surface area contributed by atoms with Crippen LogP contribution in [0.25, 0.3) is 21.9 Å². The lowest BCUT2D eigenvalue weighted by Crippen LogP contribution is -1.72. The number of aryl methyl sites for hydroxylation is 1. The van der Waals surface area contributed by atoms with Gasteiger partial charge in [-0.3, -0.25) is 0 Å². The zero-order chi connectivity index (χ0) is 11.1. The van der Waals surface area contributed by atoms with Crippen molar-refractivity contribution in [2.24, 2.45) is 0 Å². The summed E-state index contributed by atoms with van der Waals surface area (Å²) < 4.78 is 0. The smallest absolute Gasteiger partial charge is 0.100 e. The molecular formula is C14H9NS. The number of hydrogen-bond acceptors (Lipinski definition) is 2. The van der Waals surface area contributed by atoms with Gasteiger partial charge in [0.05, 0.1) is 5.56 Å². The van der Waals surface area contributed by atoms with Crippen molar-refractivity contribution in [3.05, 3.63) is 46.2 Å². The normalized spacial score (nSPS) is 10.8. The second-order valence-corrected chi connectivity index (χ2v) is 4.89. The molecule has 0 aliphatic heterocycles. The van der Waals surface area contributed by atoms with Crippen molar-refractivity contribution in [1.29, 1.82) is 5.26 Å². The van der Waals surface area contributed by atoms with Crippen LogP contribution in [-0.2, 0) is 0 Å². The van der Waals surface area contributed by atoms with E-state index in [9.17, 15) is 5.26 Å². The van der Waals surface area contributed by atoms with Crippen LogP contribution in [0.3, 0.4) is 0 Å². The summed E-state index contributed by atoms with van der Waals surface area (Å²) in [7, 11) is 0. The molecule has 0 aromatic carbocycles. The topological polar surface area (TPSA) is 23.8 Å². The first kappa shape index (κ1) is 9.38. The predicted molar refractivity (Wildman–Crippen MR) is 67.9 cm³/mol. The molecule has 1 aromatic rings. The van der Waals surface area contributed by atoms with Crippen LogP contribution < -0.4 is 0 Å². The highest BCUT2D eigenvalue weighted by atomic mass is 32.1. The Morgan fingerprint density at radius 1 is 1.12 bits per heavy atom. The molecule has 1 aromatic heterocycles. The van der Waals surface area contributed by atoms with E-state index in [0.717, 1.165) is 16.5 Å². The quantitative estimate of drug-likeness (QED) is 0.560. The SMILES string of the molecule is Cc1scc2c(C#N)c3cccccc-3c12. The fourth-order valence-corrected chi connectivity index (χ4v) is 3.09. The summed E-state index contributed by atoms with van der Waals surface area (Å²) in [5, 5.41) is 13.7. The number of nitrogens with zero attached hydrogens (tertiary/aromatic N) is 1. The van der Waals surface area contributed by atoms with Crippen LogP contribution in [0.1, 0.15) is 10.4 Å². The molecule has 0 N–H and O–H groups in total. The summed E-state index contributed by atoms with van der Waals surface area (Å²) in [5.41, 5.74) is 3.06. The third-order valence-corrected chi connectivity index (χ3v) is 3.84. The van der Waals surface area contributed by atoms with Crippen LogP contribution in [0.2, 0.25) is 0 Å². The van der Waals surface area contributed by atoms with E-state index in [2.05, 4.69) is 24.4 Å². The van der Waals surface area contributed by atoms with Gasteiger partial charge < -0.3 is 0 Å². The van der Waals surface area contributed by atoms with Crippen LogP contribution in [0.15, 0.2) is 35.7 Å². The maximum absolute atomic E-state index is 9.27. The average molecular weight is 223 g/mol. The lowest BCUT2D eigenvalue weighted by atomic mass is 10.1. The number of rotatable bonds is 0. The molecule has 1 heterocycles. The molecule has 3 rings (SSSR count). The molecule has 0 unspecified atom stereocenters. The van der Waals surface area contributed by atoms with E-state index in [1.165, 1.54) is 15.8 Å². The van der Waals surface area contributed by atoms with Gasteiger partial charge in [-0.15, -0.1) is 11.3 Å². The summed E-state index contributed by atoms with van der Waals surface area (Å²) in [6.45, 7) is 2.11. The Bertz CT molecular complexity index is 688. The molecule has 0 fully saturated rings. The number of hydrogen-bond donors (Lipinski definition) is 0. The minimum atomic E-state index is 0.811. The molecular weight excluding hydrogens is 214 g/mol. The lowest BCUT2D eigenvalue weighted by Gasteiger charge is -1.94. The summed E-state index contributed by atoms with van der Waals surface area (Å²) in [6, 6.07) is 12.5. The molecule has 2 aliphatic carbocycles. The van der Waals surface area contributed by atoms with Crippen LogP contribution in [0, 0.1) is 18.3 Å². The Morgan fingerprint density at radius 3 is 2.62 bits per heavy atom. The average Bonchev–Trinajstić information content (AvgIpc) is 2.68. The highest BCUT2D eigenvalue weighted by Gasteiger charge is 2.18. The maximum atomic E-state index is 9.27. The van der Waals surface area contributed by atoms with Gasteiger partial charge in [0, 0.05) is 26.6 Å². The highest BCUT2D eigenvalue weighted by molar-refractivity contribution is 7.11. The van der Waals surface area contributed by atoms with E-state index in [-0.39, 0.29) is 0 Å². The van der Waals surface area contributed by atoms with E-state index in [0.29, 0.717) is 0 Å². The van der Waals surface area contributed by atoms with E-state index in [4.69, 9.17) is 0 Å². The van der Waals surface area contributed by atoms with Crippen LogP contribution in [-0.4, -0.2) is 0 Å². The summed E-state index contributed by atoms with van der Waals surface area (Å²) >= 11 is 1.71. The van der Waals surface area contributed by atoms with E-state index < -0.39 is 0 Å². The molecule has 0 saturated heterocycles. The van der Waals surface area contributed by atoms with Gasteiger partial charge in [0.2, 0.25) is 0 Å². The molecule has 16 heavy (non-hydrogen) atoms. The van der Waals surface area contributed by atoms with Crippen molar-refractivity contribution in [3.8, 4) is 17.2 Å². The van der Waals surface area contributed by atoms with E-state index in [1.54, 1.807) is 11.3 Å². The molecule has 0 spiro atoms. The zero-order valence-corrected chi connectivity index (χ0v) is 9.64. The van der Waals surface area contributed by atoms with Gasteiger partial charge >= 0.3 is 0 Å². The van der Waals surface area contributed by atoms with Gasteiger partial charge in [0.1, 0.15) is 6.07 Å². The minimum Gasteiger partial charge on any atom is -0.192 e. The summed E-state index contributed by atoms with van der Waals surface area (Å²) in [5.74, 6) is 0.